The van der Waals surface area contributed by atoms with Gasteiger partial charge in [-0.05, 0) is 24.5 Å². The topological polar surface area (TPSA) is 26.3 Å². The van der Waals surface area contributed by atoms with Crippen LogP contribution in [0.1, 0.15) is 21.5 Å². The molecule has 1 aromatic carbocycles. The second-order valence-electron chi connectivity index (χ2n) is 3.49. The molecule has 1 rings (SSSR count). The maximum absolute atomic E-state index is 11.8. The van der Waals surface area contributed by atoms with Gasteiger partial charge >= 0.3 is 5.97 Å². The molecule has 1 aromatic rings. The zero-order chi connectivity index (χ0) is 12.0. The molecule has 16 heavy (non-hydrogen) atoms. The normalized spacial score (nSPS) is 9.56. The second-order valence-corrected chi connectivity index (χ2v) is 3.49. The van der Waals surface area contributed by atoms with E-state index in [1.54, 1.807) is 12.2 Å². The lowest BCUT2D eigenvalue weighted by Crippen LogP contribution is -2.10. The van der Waals surface area contributed by atoms with Gasteiger partial charge in [-0.25, -0.2) is 4.79 Å². The smallest absolute Gasteiger partial charge is 0.339 e. The summed E-state index contributed by atoms with van der Waals surface area (Å²) >= 11 is 0. The highest BCUT2D eigenvalue weighted by atomic mass is 16.5. The zero-order valence-corrected chi connectivity index (χ0v) is 9.53. The van der Waals surface area contributed by atoms with Crippen molar-refractivity contribution in [2.75, 3.05) is 6.61 Å². The standard InChI is InChI=1S/C14H16O2/c1-4-7-12-9-6-8-11(3)13(12)14(15)16-10-5-2/h4-6,8-9H,1-2,7,10H2,3H3. The molecule has 0 spiro atoms. The molecule has 2 nitrogen and oxygen atoms in total. The van der Waals surface area contributed by atoms with E-state index < -0.39 is 0 Å². The number of hydrogen-bond acceptors (Lipinski definition) is 2. The predicted molar refractivity (Wildman–Crippen MR) is 65.6 cm³/mol. The van der Waals surface area contributed by atoms with E-state index in [0.29, 0.717) is 12.0 Å². The van der Waals surface area contributed by atoms with E-state index in [4.69, 9.17) is 4.74 Å². The molecule has 0 unspecified atom stereocenters. The van der Waals surface area contributed by atoms with Crippen LogP contribution in [0, 0.1) is 6.92 Å². The highest BCUT2D eigenvalue weighted by molar-refractivity contribution is 5.92. The summed E-state index contributed by atoms with van der Waals surface area (Å²) < 4.78 is 5.05. The highest BCUT2D eigenvalue weighted by Gasteiger charge is 2.13. The Morgan fingerprint density at radius 1 is 1.38 bits per heavy atom. The highest BCUT2D eigenvalue weighted by Crippen LogP contribution is 2.16. The van der Waals surface area contributed by atoms with Gasteiger partial charge in [-0.15, -0.1) is 6.58 Å². The van der Waals surface area contributed by atoms with E-state index in [1.165, 1.54) is 0 Å². The minimum absolute atomic E-state index is 0.237. The van der Waals surface area contributed by atoms with Crippen LogP contribution >= 0.6 is 0 Å². The van der Waals surface area contributed by atoms with Gasteiger partial charge in [-0.1, -0.05) is 36.9 Å². The van der Waals surface area contributed by atoms with Crippen molar-refractivity contribution in [3.63, 3.8) is 0 Å². The number of rotatable bonds is 5. The Labute approximate surface area is 96.2 Å². The molecule has 0 aromatic heterocycles. The predicted octanol–water partition coefficient (Wildman–Crippen LogP) is 3.07. The molecule has 0 aliphatic heterocycles. The van der Waals surface area contributed by atoms with Gasteiger partial charge in [-0.2, -0.15) is 0 Å². The first-order valence-electron chi connectivity index (χ1n) is 5.18. The summed E-state index contributed by atoms with van der Waals surface area (Å²) in [5.41, 5.74) is 2.52. The van der Waals surface area contributed by atoms with Crippen LogP contribution < -0.4 is 0 Å². The van der Waals surface area contributed by atoms with E-state index in [0.717, 1.165) is 11.1 Å². The Hall–Kier alpha value is -1.83. The van der Waals surface area contributed by atoms with Crippen LogP contribution in [0.25, 0.3) is 0 Å². The van der Waals surface area contributed by atoms with E-state index >= 15 is 0 Å². The third-order valence-electron chi connectivity index (χ3n) is 2.26. The summed E-state index contributed by atoms with van der Waals surface area (Å²) in [5.74, 6) is -0.296. The first-order chi connectivity index (χ1) is 7.70. The fraction of sp³-hybridized carbons (Fsp3) is 0.214. The van der Waals surface area contributed by atoms with Crippen LogP contribution in [0.5, 0.6) is 0 Å². The third kappa shape index (κ3) is 2.83. The molecule has 0 aliphatic carbocycles. The summed E-state index contributed by atoms with van der Waals surface area (Å²) in [6, 6.07) is 5.74. The minimum Gasteiger partial charge on any atom is -0.458 e. The largest absolute Gasteiger partial charge is 0.458 e. The summed E-state index contributed by atoms with van der Waals surface area (Å²) in [7, 11) is 0. The minimum atomic E-state index is -0.296. The molecular formula is C14H16O2. The molecule has 0 aliphatic rings. The lowest BCUT2D eigenvalue weighted by Gasteiger charge is -2.10. The molecule has 0 saturated carbocycles. The van der Waals surface area contributed by atoms with Gasteiger partial charge in [0.2, 0.25) is 0 Å². The van der Waals surface area contributed by atoms with E-state index in [2.05, 4.69) is 13.2 Å². The molecule has 0 bridgehead atoms. The molecule has 0 N–H and O–H groups in total. The van der Waals surface area contributed by atoms with Gasteiger partial charge in [-0.3, -0.25) is 0 Å². The molecule has 0 amide bonds. The SMILES string of the molecule is C=CCOC(=O)c1c(C)cccc1CC=C. The van der Waals surface area contributed by atoms with E-state index in [9.17, 15) is 4.79 Å². The molecule has 2 heteroatoms. The monoisotopic (exact) mass is 216 g/mol. The Morgan fingerprint density at radius 3 is 2.75 bits per heavy atom. The van der Waals surface area contributed by atoms with Crippen molar-refractivity contribution >= 4 is 5.97 Å². The summed E-state index contributed by atoms with van der Waals surface area (Å²) in [6.07, 6.45) is 4.00. The van der Waals surface area contributed by atoms with Gasteiger partial charge in [0.15, 0.2) is 0 Å². The number of benzene rings is 1. The lowest BCUT2D eigenvalue weighted by molar-refractivity contribution is 0.0548. The second kappa shape index (κ2) is 5.91. The number of carbonyl (C=O) groups excluding carboxylic acids is 1. The molecule has 0 saturated heterocycles. The van der Waals surface area contributed by atoms with Gasteiger partial charge in [0.25, 0.3) is 0 Å². The Kier molecular flexibility index (Phi) is 4.52. The number of esters is 1. The zero-order valence-electron chi connectivity index (χ0n) is 9.53. The van der Waals surface area contributed by atoms with Crippen molar-refractivity contribution in [3.05, 3.63) is 60.2 Å². The number of hydrogen-bond donors (Lipinski definition) is 0. The Bertz CT molecular complexity index is 405. The Balaban J connectivity index is 3.03. The number of allylic oxidation sites excluding steroid dienone is 1. The third-order valence-corrected chi connectivity index (χ3v) is 2.26. The molecule has 0 fully saturated rings. The van der Waals surface area contributed by atoms with Crippen molar-refractivity contribution in [2.45, 2.75) is 13.3 Å². The maximum atomic E-state index is 11.8. The van der Waals surface area contributed by atoms with E-state index in [1.807, 2.05) is 25.1 Å². The average molecular weight is 216 g/mol. The average Bonchev–Trinajstić information content (AvgIpc) is 2.26. The molecule has 0 radical (unpaired) electrons. The fourth-order valence-corrected chi connectivity index (χ4v) is 1.55. The van der Waals surface area contributed by atoms with Crippen LogP contribution in [0.4, 0.5) is 0 Å². The summed E-state index contributed by atoms with van der Waals surface area (Å²) in [5, 5.41) is 0. The van der Waals surface area contributed by atoms with Crippen LogP contribution in [0.3, 0.4) is 0 Å². The number of carbonyl (C=O) groups is 1. The maximum Gasteiger partial charge on any atom is 0.339 e. The van der Waals surface area contributed by atoms with Crippen molar-refractivity contribution in [1.29, 1.82) is 0 Å². The summed E-state index contributed by atoms with van der Waals surface area (Å²) in [6.45, 7) is 9.33. The number of ether oxygens (including phenoxy) is 1. The van der Waals surface area contributed by atoms with Crippen molar-refractivity contribution in [1.82, 2.24) is 0 Å². The molecule has 0 heterocycles. The van der Waals surface area contributed by atoms with Gasteiger partial charge in [0.1, 0.15) is 6.61 Å². The van der Waals surface area contributed by atoms with Crippen LogP contribution in [-0.4, -0.2) is 12.6 Å². The lowest BCUT2D eigenvalue weighted by atomic mass is 10.00. The van der Waals surface area contributed by atoms with Crippen molar-refractivity contribution in [3.8, 4) is 0 Å². The summed E-state index contributed by atoms with van der Waals surface area (Å²) in [4.78, 5) is 11.8. The first-order valence-corrected chi connectivity index (χ1v) is 5.18. The molecule has 0 atom stereocenters. The Morgan fingerprint density at radius 2 is 2.12 bits per heavy atom. The van der Waals surface area contributed by atoms with Crippen molar-refractivity contribution in [2.24, 2.45) is 0 Å². The van der Waals surface area contributed by atoms with Crippen molar-refractivity contribution < 1.29 is 9.53 Å². The van der Waals surface area contributed by atoms with Gasteiger partial charge in [0.05, 0.1) is 5.56 Å². The quantitative estimate of drug-likeness (QED) is 0.558. The van der Waals surface area contributed by atoms with Gasteiger partial charge < -0.3 is 4.74 Å². The molecule has 84 valence electrons. The number of aryl methyl sites for hydroxylation is 1. The van der Waals surface area contributed by atoms with Crippen LogP contribution in [0.2, 0.25) is 0 Å². The fourth-order valence-electron chi connectivity index (χ4n) is 1.55. The van der Waals surface area contributed by atoms with Crippen LogP contribution in [-0.2, 0) is 11.2 Å². The first kappa shape index (κ1) is 12.2. The molecular weight excluding hydrogens is 200 g/mol. The van der Waals surface area contributed by atoms with E-state index in [-0.39, 0.29) is 12.6 Å². The van der Waals surface area contributed by atoms with Gasteiger partial charge in [0, 0.05) is 0 Å². The van der Waals surface area contributed by atoms with Crippen LogP contribution in [0.15, 0.2) is 43.5 Å².